The van der Waals surface area contributed by atoms with Crippen molar-refractivity contribution in [1.29, 1.82) is 0 Å². The van der Waals surface area contributed by atoms with Crippen LogP contribution in [0.5, 0.6) is 0 Å². The van der Waals surface area contributed by atoms with E-state index in [2.05, 4.69) is 38.8 Å². The molecule has 0 unspecified atom stereocenters. The molecular formula is C10H17NOSSi. The Bertz CT molecular complexity index is 338. The van der Waals surface area contributed by atoms with Crippen molar-refractivity contribution in [1.82, 2.24) is 4.98 Å². The molecule has 0 aliphatic heterocycles. The Morgan fingerprint density at radius 1 is 1.36 bits per heavy atom. The lowest BCUT2D eigenvalue weighted by molar-refractivity contribution is 0.112. The van der Waals surface area contributed by atoms with Crippen LogP contribution < -0.4 is 4.63 Å². The Labute approximate surface area is 91.0 Å². The molecule has 0 atom stereocenters. The second kappa shape index (κ2) is 3.94. The average Bonchev–Trinajstić information content (AvgIpc) is 2.46. The minimum Gasteiger partial charge on any atom is -0.297 e. The summed E-state index contributed by atoms with van der Waals surface area (Å²) in [6.07, 6.45) is 0.943. The van der Waals surface area contributed by atoms with Gasteiger partial charge in [0.05, 0.1) is 15.2 Å². The zero-order valence-electron chi connectivity index (χ0n) is 9.42. The number of hydrogen-bond acceptors (Lipinski definition) is 3. The number of aldehydes is 1. The van der Waals surface area contributed by atoms with Crippen molar-refractivity contribution in [3.05, 3.63) is 10.6 Å². The lowest BCUT2D eigenvalue weighted by Gasteiger charge is -2.15. The normalized spacial score (nSPS) is 12.1. The molecule has 0 N–H and O–H groups in total. The van der Waals surface area contributed by atoms with Crippen molar-refractivity contribution in [2.75, 3.05) is 0 Å². The summed E-state index contributed by atoms with van der Waals surface area (Å²) in [5.74, 6) is 0. The van der Waals surface area contributed by atoms with Crippen LogP contribution in [0.2, 0.25) is 13.1 Å². The van der Waals surface area contributed by atoms with Crippen molar-refractivity contribution >= 4 is 31.1 Å². The molecule has 2 nitrogen and oxygen atoms in total. The van der Waals surface area contributed by atoms with Crippen LogP contribution >= 0.6 is 11.3 Å². The third-order valence-electron chi connectivity index (χ3n) is 1.98. The van der Waals surface area contributed by atoms with Crippen LogP contribution in [0, 0.1) is 0 Å². The zero-order valence-corrected chi connectivity index (χ0v) is 11.4. The van der Waals surface area contributed by atoms with E-state index in [1.807, 2.05) is 0 Å². The fourth-order valence-corrected chi connectivity index (χ4v) is 3.78. The van der Waals surface area contributed by atoms with E-state index in [1.54, 1.807) is 11.3 Å². The van der Waals surface area contributed by atoms with Gasteiger partial charge in [0.15, 0.2) is 6.29 Å². The molecule has 1 heterocycles. The molecule has 14 heavy (non-hydrogen) atoms. The Morgan fingerprint density at radius 2 is 1.93 bits per heavy atom. The van der Waals surface area contributed by atoms with Gasteiger partial charge in [0.2, 0.25) is 0 Å². The fourth-order valence-electron chi connectivity index (χ4n) is 1.21. The average molecular weight is 227 g/mol. The summed E-state index contributed by atoms with van der Waals surface area (Å²) in [5.41, 5.74) is 0.947. The van der Waals surface area contributed by atoms with Gasteiger partial charge in [0.1, 0.15) is 8.80 Å². The Hall–Kier alpha value is -0.483. The maximum Gasteiger partial charge on any atom is 0.161 e. The van der Waals surface area contributed by atoms with Gasteiger partial charge in [-0.05, 0) is 0 Å². The predicted octanol–water partition coefficient (Wildman–Crippen LogP) is 1.95. The molecule has 0 saturated carbocycles. The third kappa shape index (κ3) is 2.30. The van der Waals surface area contributed by atoms with Crippen LogP contribution in [0.1, 0.15) is 36.1 Å². The molecule has 0 amide bonds. The number of aromatic nitrogens is 1. The second-order valence-electron chi connectivity index (χ2n) is 4.79. The van der Waals surface area contributed by atoms with Gasteiger partial charge in [-0.25, -0.2) is 0 Å². The van der Waals surface area contributed by atoms with E-state index in [1.165, 1.54) is 4.63 Å². The van der Waals surface area contributed by atoms with Crippen LogP contribution in [0.25, 0.3) is 0 Å². The van der Waals surface area contributed by atoms with Gasteiger partial charge in [-0.1, -0.05) is 33.9 Å². The summed E-state index contributed by atoms with van der Waals surface area (Å²) < 4.78 is 1.19. The first-order valence-electron chi connectivity index (χ1n) is 4.82. The van der Waals surface area contributed by atoms with Crippen molar-refractivity contribution in [2.24, 2.45) is 0 Å². The standard InChI is InChI=1S/C10H17NOSSi/c1-10(2,3)8-7(6-12)13-9(11-8)14(4)5/h6,14H,1-5H3. The van der Waals surface area contributed by atoms with E-state index in [0.717, 1.165) is 16.9 Å². The monoisotopic (exact) mass is 227 g/mol. The molecule has 0 aromatic carbocycles. The quantitative estimate of drug-likeness (QED) is 0.571. The predicted molar refractivity (Wildman–Crippen MR) is 64.7 cm³/mol. The SMILES string of the molecule is C[SiH](C)c1nc(C(C)(C)C)c(C=O)s1. The molecule has 1 aromatic rings. The van der Waals surface area contributed by atoms with Crippen molar-refractivity contribution in [3.63, 3.8) is 0 Å². The maximum atomic E-state index is 10.9. The Kier molecular flexibility index (Phi) is 3.27. The second-order valence-corrected chi connectivity index (χ2v) is 9.12. The highest BCUT2D eigenvalue weighted by molar-refractivity contribution is 7.24. The molecule has 78 valence electrons. The zero-order chi connectivity index (χ0) is 10.9. The number of carbonyl (C=O) groups excluding carboxylic acids is 1. The summed E-state index contributed by atoms with van der Waals surface area (Å²) in [6, 6.07) is 0. The van der Waals surface area contributed by atoms with E-state index in [4.69, 9.17) is 0 Å². The Morgan fingerprint density at radius 3 is 2.21 bits per heavy atom. The molecule has 1 rings (SSSR count). The Balaban J connectivity index is 3.22. The molecular weight excluding hydrogens is 210 g/mol. The van der Waals surface area contributed by atoms with Crippen molar-refractivity contribution < 1.29 is 4.79 Å². The molecule has 0 fully saturated rings. The number of hydrogen-bond donors (Lipinski definition) is 0. The number of rotatable bonds is 2. The smallest absolute Gasteiger partial charge is 0.161 e. The lowest BCUT2D eigenvalue weighted by Crippen LogP contribution is -2.23. The largest absolute Gasteiger partial charge is 0.297 e. The van der Waals surface area contributed by atoms with Crippen molar-refractivity contribution in [3.8, 4) is 0 Å². The van der Waals surface area contributed by atoms with Gasteiger partial charge in [0, 0.05) is 5.41 Å². The molecule has 0 spiro atoms. The summed E-state index contributed by atoms with van der Waals surface area (Å²) in [4.78, 5) is 16.3. The molecule has 0 aliphatic carbocycles. The highest BCUT2D eigenvalue weighted by Gasteiger charge is 2.23. The summed E-state index contributed by atoms with van der Waals surface area (Å²) in [6.45, 7) is 10.8. The van der Waals surface area contributed by atoms with E-state index >= 15 is 0 Å². The van der Waals surface area contributed by atoms with Crippen LogP contribution in [0.4, 0.5) is 0 Å². The molecule has 0 bridgehead atoms. The van der Waals surface area contributed by atoms with Gasteiger partial charge < -0.3 is 0 Å². The summed E-state index contributed by atoms with van der Waals surface area (Å²) in [7, 11) is -0.873. The van der Waals surface area contributed by atoms with Gasteiger partial charge in [-0.15, -0.1) is 11.3 Å². The molecule has 0 radical (unpaired) electrons. The highest BCUT2D eigenvalue weighted by atomic mass is 32.1. The van der Waals surface area contributed by atoms with Gasteiger partial charge in [0.25, 0.3) is 0 Å². The topological polar surface area (TPSA) is 30.0 Å². The van der Waals surface area contributed by atoms with Gasteiger partial charge in [-0.2, -0.15) is 0 Å². The first-order valence-corrected chi connectivity index (χ1v) is 8.53. The van der Waals surface area contributed by atoms with Crippen LogP contribution in [-0.2, 0) is 5.41 Å². The molecule has 0 aliphatic rings. The fraction of sp³-hybridized carbons (Fsp3) is 0.600. The first-order chi connectivity index (χ1) is 6.36. The highest BCUT2D eigenvalue weighted by Crippen LogP contribution is 2.25. The lowest BCUT2D eigenvalue weighted by atomic mass is 9.91. The van der Waals surface area contributed by atoms with E-state index in [0.29, 0.717) is 0 Å². The van der Waals surface area contributed by atoms with Crippen LogP contribution in [0.15, 0.2) is 0 Å². The van der Waals surface area contributed by atoms with Crippen molar-refractivity contribution in [2.45, 2.75) is 39.3 Å². The number of thiazole rings is 1. The molecule has 1 aromatic heterocycles. The van der Waals surface area contributed by atoms with Gasteiger partial charge >= 0.3 is 0 Å². The van der Waals surface area contributed by atoms with Gasteiger partial charge in [-0.3, -0.25) is 9.78 Å². The first kappa shape index (κ1) is 11.6. The van der Waals surface area contributed by atoms with Crippen LogP contribution in [-0.4, -0.2) is 20.1 Å². The van der Waals surface area contributed by atoms with Crippen LogP contribution in [0.3, 0.4) is 0 Å². The minimum absolute atomic E-state index is 0.0196. The summed E-state index contributed by atoms with van der Waals surface area (Å²) >= 11 is 1.58. The van der Waals surface area contributed by atoms with E-state index < -0.39 is 8.80 Å². The van der Waals surface area contributed by atoms with E-state index in [-0.39, 0.29) is 5.41 Å². The maximum absolute atomic E-state index is 10.9. The third-order valence-corrected chi connectivity index (χ3v) is 5.68. The van der Waals surface area contributed by atoms with E-state index in [9.17, 15) is 4.79 Å². The molecule has 0 saturated heterocycles. The number of carbonyl (C=O) groups is 1. The number of nitrogens with zero attached hydrogens (tertiary/aromatic N) is 1. The minimum atomic E-state index is -0.873. The summed E-state index contributed by atoms with van der Waals surface area (Å²) in [5, 5.41) is 0. The molecule has 4 heteroatoms.